The van der Waals surface area contributed by atoms with Crippen molar-refractivity contribution in [3.05, 3.63) is 0 Å². The fraction of sp³-hybridized carbons (Fsp3) is 0.944. The highest BCUT2D eigenvalue weighted by atomic mass is 16.5. The van der Waals surface area contributed by atoms with Crippen molar-refractivity contribution in [2.45, 2.75) is 87.0 Å². The van der Waals surface area contributed by atoms with Crippen LogP contribution in [-0.4, -0.2) is 25.7 Å². The van der Waals surface area contributed by atoms with Gasteiger partial charge in [-0.3, -0.25) is 4.79 Å². The first-order chi connectivity index (χ1) is 10.2. The van der Waals surface area contributed by atoms with Crippen molar-refractivity contribution in [1.29, 1.82) is 0 Å². The number of ether oxygens (including phenoxy) is 1. The van der Waals surface area contributed by atoms with Gasteiger partial charge in [-0.15, -0.1) is 0 Å². The first-order valence-electron chi connectivity index (χ1n) is 9.01. The molecule has 0 atom stereocenters. The molecule has 0 bridgehead atoms. The van der Waals surface area contributed by atoms with E-state index in [-0.39, 0.29) is 7.33 Å². The van der Waals surface area contributed by atoms with E-state index in [1.807, 2.05) is 27.7 Å². The minimum atomic E-state index is 0. The van der Waals surface area contributed by atoms with E-state index in [2.05, 4.69) is 26.1 Å². The number of carbonyl (C=O) groups excluding carboxylic acids is 1. The summed E-state index contributed by atoms with van der Waals surface area (Å²) in [5.74, 6) is 0.754. The zero-order chi connectivity index (χ0) is 16.9. The Balaban J connectivity index is -0.000000297. The summed E-state index contributed by atoms with van der Waals surface area (Å²) in [6.45, 7) is 16.6. The second-order valence-electron chi connectivity index (χ2n) is 4.96. The number of rotatable bonds is 11. The normalized spacial score (nSPS) is 9.33. The molecule has 1 N–H and O–H groups in total. The molecule has 1 amide bonds. The zero-order valence-electron chi connectivity index (χ0n) is 15.8. The second kappa shape index (κ2) is 24.4. The van der Waals surface area contributed by atoms with Gasteiger partial charge in [0.25, 0.3) is 0 Å². The average Bonchev–Trinajstić information content (AvgIpc) is 2.50. The van der Waals surface area contributed by atoms with Crippen LogP contribution in [0.1, 0.15) is 88.4 Å². The summed E-state index contributed by atoms with van der Waals surface area (Å²) >= 11 is 0. The Bertz CT molecular complexity index is 188. The molecule has 132 valence electrons. The Kier molecular flexibility index (Phi) is 29.6. The first-order valence-corrected chi connectivity index (χ1v) is 9.01. The number of hydrogen-bond donors (Lipinski definition) is 1. The Morgan fingerprint density at radius 3 is 2.19 bits per heavy atom. The smallest absolute Gasteiger partial charge is 0.222 e. The topological polar surface area (TPSA) is 38.3 Å². The molecule has 0 heterocycles. The molecule has 0 aromatic heterocycles. The summed E-state index contributed by atoms with van der Waals surface area (Å²) in [6.07, 6.45) is 6.41. The minimum absolute atomic E-state index is 0. The summed E-state index contributed by atoms with van der Waals surface area (Å²) in [5.41, 5.74) is 0. The number of carbonyl (C=O) groups is 1. The Morgan fingerprint density at radius 1 is 1.05 bits per heavy atom. The van der Waals surface area contributed by atoms with E-state index in [1.165, 1.54) is 19.3 Å². The fourth-order valence-corrected chi connectivity index (χ4v) is 1.49. The van der Waals surface area contributed by atoms with Crippen molar-refractivity contribution < 1.29 is 11.0 Å². The standard InChI is InChI=1S/C14H29NO2.2C2H6.H2/c1-4-5-6-7-11-17-12-9-14(16)15-10-8-13(2)3;2*1-2;/h13H,4-12H2,1-3H3,(H,15,16);2*1-2H3;1H. The van der Waals surface area contributed by atoms with E-state index in [9.17, 15) is 4.79 Å². The molecule has 3 nitrogen and oxygen atoms in total. The summed E-state index contributed by atoms with van der Waals surface area (Å²) in [5, 5.41) is 2.91. The van der Waals surface area contributed by atoms with Gasteiger partial charge in [0, 0.05) is 21.0 Å². The van der Waals surface area contributed by atoms with Gasteiger partial charge < -0.3 is 10.1 Å². The summed E-state index contributed by atoms with van der Waals surface area (Å²) in [7, 11) is 0. The molecule has 0 aromatic carbocycles. The highest BCUT2D eigenvalue weighted by molar-refractivity contribution is 5.75. The molecule has 0 saturated heterocycles. The molecule has 0 rings (SSSR count). The predicted octanol–water partition coefficient (Wildman–Crippen LogP) is 5.43. The van der Waals surface area contributed by atoms with Gasteiger partial charge in [-0.25, -0.2) is 0 Å². The van der Waals surface area contributed by atoms with Crippen molar-refractivity contribution in [3.63, 3.8) is 0 Å². The maximum absolute atomic E-state index is 11.4. The molecule has 0 spiro atoms. The van der Waals surface area contributed by atoms with Gasteiger partial charge in [0.2, 0.25) is 5.91 Å². The Morgan fingerprint density at radius 2 is 1.67 bits per heavy atom. The van der Waals surface area contributed by atoms with Gasteiger partial charge in [-0.1, -0.05) is 67.7 Å². The van der Waals surface area contributed by atoms with Crippen LogP contribution in [0.3, 0.4) is 0 Å². The van der Waals surface area contributed by atoms with Gasteiger partial charge >= 0.3 is 0 Å². The van der Waals surface area contributed by atoms with Crippen LogP contribution in [0.15, 0.2) is 0 Å². The minimum Gasteiger partial charge on any atom is -0.381 e. The van der Waals surface area contributed by atoms with Crippen molar-refractivity contribution in [1.82, 2.24) is 5.32 Å². The molecule has 0 aliphatic rings. The quantitative estimate of drug-likeness (QED) is 0.517. The van der Waals surface area contributed by atoms with Crippen LogP contribution >= 0.6 is 0 Å². The van der Waals surface area contributed by atoms with E-state index >= 15 is 0 Å². The lowest BCUT2D eigenvalue weighted by molar-refractivity contribution is -0.122. The van der Waals surface area contributed by atoms with Gasteiger partial charge in [0.05, 0.1) is 6.61 Å². The van der Waals surface area contributed by atoms with E-state index in [0.717, 1.165) is 26.0 Å². The van der Waals surface area contributed by atoms with Crippen LogP contribution < -0.4 is 5.32 Å². The van der Waals surface area contributed by atoms with E-state index < -0.39 is 0 Å². The number of nitrogens with one attached hydrogen (secondary N) is 1. The van der Waals surface area contributed by atoms with Crippen molar-refractivity contribution in [2.75, 3.05) is 19.8 Å². The Labute approximate surface area is 135 Å². The van der Waals surface area contributed by atoms with Gasteiger partial charge in [0.15, 0.2) is 0 Å². The summed E-state index contributed by atoms with van der Waals surface area (Å²) in [6, 6.07) is 0. The van der Waals surface area contributed by atoms with E-state index in [1.54, 1.807) is 0 Å². The van der Waals surface area contributed by atoms with Crippen LogP contribution in [0.5, 0.6) is 0 Å². The van der Waals surface area contributed by atoms with E-state index in [0.29, 0.717) is 18.9 Å². The third kappa shape index (κ3) is 28.3. The third-order valence-electron chi connectivity index (χ3n) is 2.66. The zero-order valence-corrected chi connectivity index (χ0v) is 15.8. The highest BCUT2D eigenvalue weighted by Crippen LogP contribution is 1.99. The molecule has 0 unspecified atom stereocenters. The van der Waals surface area contributed by atoms with Crippen molar-refractivity contribution >= 4 is 5.91 Å². The van der Waals surface area contributed by atoms with Crippen LogP contribution in [0.4, 0.5) is 0 Å². The SMILES string of the molecule is CC.CC.CCCCCCOCCC(=O)NCCC(C)C.[HH]. The Hall–Kier alpha value is -0.570. The summed E-state index contributed by atoms with van der Waals surface area (Å²) < 4.78 is 5.42. The van der Waals surface area contributed by atoms with E-state index in [4.69, 9.17) is 4.74 Å². The first kappa shape index (κ1) is 25.4. The lowest BCUT2D eigenvalue weighted by atomic mass is 10.1. The number of unbranched alkanes of at least 4 members (excludes halogenated alkanes) is 3. The molecule has 0 aliphatic carbocycles. The predicted molar refractivity (Wildman–Crippen MR) is 96.9 cm³/mol. The van der Waals surface area contributed by atoms with Crippen molar-refractivity contribution in [3.8, 4) is 0 Å². The molecular formula is C18H43NO2. The van der Waals surface area contributed by atoms with Crippen molar-refractivity contribution in [2.24, 2.45) is 5.92 Å². The number of amides is 1. The molecule has 3 heteroatoms. The highest BCUT2D eigenvalue weighted by Gasteiger charge is 2.01. The molecule has 0 aromatic rings. The second-order valence-corrected chi connectivity index (χ2v) is 4.96. The van der Waals surface area contributed by atoms with Crippen LogP contribution in [0, 0.1) is 5.92 Å². The fourth-order valence-electron chi connectivity index (χ4n) is 1.49. The van der Waals surface area contributed by atoms with Crippen LogP contribution in [-0.2, 0) is 9.53 Å². The molecular weight excluding hydrogens is 262 g/mol. The molecule has 0 fully saturated rings. The number of hydrogen-bond acceptors (Lipinski definition) is 2. The molecule has 0 aliphatic heterocycles. The lowest BCUT2D eigenvalue weighted by Crippen LogP contribution is -2.26. The van der Waals surface area contributed by atoms with Crippen LogP contribution in [0.25, 0.3) is 0 Å². The van der Waals surface area contributed by atoms with Gasteiger partial charge in [-0.2, -0.15) is 0 Å². The maximum atomic E-state index is 11.4. The molecule has 0 saturated carbocycles. The molecule has 21 heavy (non-hydrogen) atoms. The largest absolute Gasteiger partial charge is 0.381 e. The monoisotopic (exact) mass is 305 g/mol. The van der Waals surface area contributed by atoms with Crippen LogP contribution in [0.2, 0.25) is 0 Å². The maximum Gasteiger partial charge on any atom is 0.222 e. The van der Waals surface area contributed by atoms with Gasteiger partial charge in [0.1, 0.15) is 0 Å². The lowest BCUT2D eigenvalue weighted by Gasteiger charge is -2.07. The van der Waals surface area contributed by atoms with Gasteiger partial charge in [-0.05, 0) is 18.8 Å². The molecule has 0 radical (unpaired) electrons. The average molecular weight is 306 g/mol. The summed E-state index contributed by atoms with van der Waals surface area (Å²) in [4.78, 5) is 11.4. The third-order valence-corrected chi connectivity index (χ3v) is 2.66.